The fourth-order valence-electron chi connectivity index (χ4n) is 2.36. The molecule has 0 aromatic heterocycles. The van der Waals surface area contributed by atoms with Crippen molar-refractivity contribution >= 4 is 8.80 Å². The van der Waals surface area contributed by atoms with Crippen molar-refractivity contribution in [1.82, 2.24) is 0 Å². The Bertz CT molecular complexity index is 691. The van der Waals surface area contributed by atoms with Gasteiger partial charge >= 0.3 is 44.3 Å². The first-order chi connectivity index (χ1) is 15.3. The SMILES string of the molecule is CO[Si](CC(F)C(F)(F)C(F)(F)C(F)(F)C(F)(F)C(F)(F)C(F)(F)C(F)C(F)C(F)F)(OC)OC. The smallest absolute Gasteiger partial charge is 0.377 e. The molecule has 0 N–H and O–H groups in total. The molecule has 3 nitrogen and oxygen atoms in total. The first-order valence-corrected chi connectivity index (χ1v) is 10.4. The summed E-state index contributed by atoms with van der Waals surface area (Å²) in [7, 11) is -3.07. The van der Waals surface area contributed by atoms with Crippen molar-refractivity contribution in [3.63, 3.8) is 0 Å². The van der Waals surface area contributed by atoms with E-state index in [1.165, 1.54) is 0 Å². The molecule has 0 bridgehead atoms. The van der Waals surface area contributed by atoms with Gasteiger partial charge in [-0.05, 0) is 0 Å². The van der Waals surface area contributed by atoms with Crippen LogP contribution < -0.4 is 0 Å². The van der Waals surface area contributed by atoms with Crippen LogP contribution in [0.15, 0.2) is 0 Å². The summed E-state index contributed by atoms with van der Waals surface area (Å²) < 4.78 is 241. The second-order valence-electron chi connectivity index (χ2n) is 6.69. The molecule has 0 saturated carbocycles. The molecule has 0 aliphatic heterocycles. The maximum Gasteiger partial charge on any atom is 0.503 e. The van der Waals surface area contributed by atoms with Gasteiger partial charge in [-0.2, -0.15) is 52.7 Å². The van der Waals surface area contributed by atoms with Gasteiger partial charge in [0.15, 0.2) is 12.3 Å². The normalized spacial score (nSPS) is 18.1. The van der Waals surface area contributed by atoms with Crippen LogP contribution in [0.1, 0.15) is 0 Å². The molecular weight excluding hydrogens is 567 g/mol. The van der Waals surface area contributed by atoms with Gasteiger partial charge in [0.25, 0.3) is 6.43 Å². The molecule has 0 aromatic rings. The molecule has 0 aliphatic rings. The zero-order chi connectivity index (χ0) is 28.6. The molecular formula is C14H15F17O3Si. The Hall–Kier alpha value is -1.09. The summed E-state index contributed by atoms with van der Waals surface area (Å²) in [6, 6.07) is -2.20. The van der Waals surface area contributed by atoms with Crippen molar-refractivity contribution in [2.24, 2.45) is 0 Å². The summed E-state index contributed by atoms with van der Waals surface area (Å²) in [6.45, 7) is 0. The molecule has 0 amide bonds. The maximum atomic E-state index is 14.0. The highest BCUT2D eigenvalue weighted by atomic mass is 28.4. The minimum Gasteiger partial charge on any atom is -0.377 e. The molecule has 0 fully saturated rings. The van der Waals surface area contributed by atoms with Crippen LogP contribution in [0, 0.1) is 0 Å². The topological polar surface area (TPSA) is 27.7 Å². The van der Waals surface area contributed by atoms with Gasteiger partial charge in [0.2, 0.25) is 6.17 Å². The van der Waals surface area contributed by atoms with Crippen LogP contribution in [-0.4, -0.2) is 90.6 Å². The van der Waals surface area contributed by atoms with Crippen LogP contribution in [0.5, 0.6) is 0 Å². The zero-order valence-corrected chi connectivity index (χ0v) is 18.2. The van der Waals surface area contributed by atoms with Crippen molar-refractivity contribution in [1.29, 1.82) is 0 Å². The van der Waals surface area contributed by atoms with E-state index in [1.54, 1.807) is 0 Å². The number of rotatable bonds is 14. The average Bonchev–Trinajstić information content (AvgIpc) is 2.75. The van der Waals surface area contributed by atoms with Crippen LogP contribution in [0.25, 0.3) is 0 Å². The number of hydrogen-bond acceptors (Lipinski definition) is 3. The summed E-state index contributed by atoms with van der Waals surface area (Å²) in [4.78, 5) is 0. The fraction of sp³-hybridized carbons (Fsp3) is 1.00. The van der Waals surface area contributed by atoms with Crippen LogP contribution in [-0.2, 0) is 13.3 Å². The van der Waals surface area contributed by atoms with Crippen LogP contribution in [0.3, 0.4) is 0 Å². The molecule has 0 saturated heterocycles. The van der Waals surface area contributed by atoms with E-state index >= 15 is 0 Å². The predicted molar refractivity (Wildman–Crippen MR) is 82.0 cm³/mol. The predicted octanol–water partition coefficient (Wildman–Crippen LogP) is 5.96. The van der Waals surface area contributed by atoms with Gasteiger partial charge in [0.1, 0.15) is 0 Å². The first-order valence-electron chi connectivity index (χ1n) is 8.45. The van der Waals surface area contributed by atoms with E-state index < -0.39 is 75.3 Å². The van der Waals surface area contributed by atoms with E-state index in [9.17, 15) is 74.6 Å². The second kappa shape index (κ2) is 10.3. The van der Waals surface area contributed by atoms with Crippen LogP contribution in [0.4, 0.5) is 74.6 Å². The molecule has 21 heteroatoms. The quantitative estimate of drug-likeness (QED) is 0.187. The first kappa shape index (κ1) is 33.9. The van der Waals surface area contributed by atoms with Crippen molar-refractivity contribution in [3.8, 4) is 0 Å². The van der Waals surface area contributed by atoms with Gasteiger partial charge < -0.3 is 13.3 Å². The molecule has 0 aromatic carbocycles. The molecule has 3 unspecified atom stereocenters. The molecule has 0 rings (SSSR count). The van der Waals surface area contributed by atoms with E-state index in [0.29, 0.717) is 21.3 Å². The van der Waals surface area contributed by atoms with Crippen LogP contribution in [0.2, 0.25) is 6.04 Å². The third-order valence-corrected chi connectivity index (χ3v) is 7.37. The summed E-state index contributed by atoms with van der Waals surface area (Å²) in [6.07, 6.45) is -20.4. The van der Waals surface area contributed by atoms with Crippen molar-refractivity contribution in [3.05, 3.63) is 0 Å². The molecule has 35 heavy (non-hydrogen) atoms. The molecule has 0 heterocycles. The summed E-state index contributed by atoms with van der Waals surface area (Å²) in [5.41, 5.74) is 0. The Balaban J connectivity index is 6.57. The second-order valence-corrected chi connectivity index (χ2v) is 9.69. The number of hydrogen-bond donors (Lipinski definition) is 0. The molecule has 0 spiro atoms. The Morgan fingerprint density at radius 3 is 1.14 bits per heavy atom. The van der Waals surface area contributed by atoms with Crippen LogP contribution >= 0.6 is 0 Å². The lowest BCUT2D eigenvalue weighted by molar-refractivity contribution is -0.433. The minimum atomic E-state index is -8.42. The van der Waals surface area contributed by atoms with E-state index in [2.05, 4.69) is 13.3 Å². The van der Waals surface area contributed by atoms with E-state index in [1.807, 2.05) is 0 Å². The Kier molecular flexibility index (Phi) is 10.0. The third kappa shape index (κ3) is 5.18. The number of alkyl halides is 17. The Morgan fingerprint density at radius 2 is 0.857 bits per heavy atom. The van der Waals surface area contributed by atoms with E-state index in [0.717, 1.165) is 0 Å². The third-order valence-electron chi connectivity index (χ3n) is 4.64. The van der Waals surface area contributed by atoms with Gasteiger partial charge in [0.05, 0.1) is 6.04 Å². The van der Waals surface area contributed by atoms with Gasteiger partial charge in [-0.25, -0.2) is 22.0 Å². The zero-order valence-electron chi connectivity index (χ0n) is 17.2. The fourth-order valence-corrected chi connectivity index (χ4v) is 4.05. The molecule has 212 valence electrons. The average molecular weight is 582 g/mol. The summed E-state index contributed by atoms with van der Waals surface area (Å²) >= 11 is 0. The largest absolute Gasteiger partial charge is 0.503 e. The monoisotopic (exact) mass is 582 g/mol. The van der Waals surface area contributed by atoms with E-state index in [-0.39, 0.29) is 0 Å². The minimum absolute atomic E-state index is 0.554. The lowest BCUT2D eigenvalue weighted by Crippen LogP contribution is -2.73. The molecule has 0 radical (unpaired) electrons. The lowest BCUT2D eigenvalue weighted by atomic mass is 9.88. The van der Waals surface area contributed by atoms with Gasteiger partial charge in [0, 0.05) is 21.3 Å². The number of halogens is 17. The highest BCUT2D eigenvalue weighted by Gasteiger charge is 2.92. The Morgan fingerprint density at radius 1 is 0.543 bits per heavy atom. The summed E-state index contributed by atoms with van der Waals surface area (Å²) in [5, 5.41) is 0. The summed E-state index contributed by atoms with van der Waals surface area (Å²) in [5.74, 6) is -47.6. The van der Waals surface area contributed by atoms with Crippen molar-refractivity contribution in [2.75, 3.05) is 21.3 Å². The molecule has 3 atom stereocenters. The Labute approximate surface area is 185 Å². The lowest BCUT2D eigenvalue weighted by Gasteiger charge is -2.42. The highest BCUT2D eigenvalue weighted by Crippen LogP contribution is 2.62. The maximum absolute atomic E-state index is 14.0. The van der Waals surface area contributed by atoms with E-state index in [4.69, 9.17) is 0 Å². The van der Waals surface area contributed by atoms with Gasteiger partial charge in [-0.15, -0.1) is 0 Å². The van der Waals surface area contributed by atoms with Gasteiger partial charge in [-0.1, -0.05) is 0 Å². The molecule has 0 aliphatic carbocycles. The van der Waals surface area contributed by atoms with Gasteiger partial charge in [-0.3, -0.25) is 0 Å². The standard InChI is InChI=1S/C14H15F17O3Si/c1-32-35(33-2,34-3)4-5(15)9(20,21)11(24,25)13(28,29)14(30,31)12(26,27)10(22,23)7(17)6(16)8(18)19/h5-8H,4H2,1-3H3. The van der Waals surface area contributed by atoms with Crippen molar-refractivity contribution in [2.45, 2.75) is 66.5 Å². The van der Waals surface area contributed by atoms with Crippen molar-refractivity contribution < 1.29 is 87.9 Å². The highest BCUT2D eigenvalue weighted by molar-refractivity contribution is 6.60.